The lowest BCUT2D eigenvalue weighted by Crippen LogP contribution is -2.15. The van der Waals surface area contributed by atoms with Gasteiger partial charge in [0.05, 0.1) is 0 Å². The molecule has 1 aromatic heterocycles. The Morgan fingerprint density at radius 3 is 2.76 bits per heavy atom. The molecule has 0 atom stereocenters. The molecular formula is C20H21N3O2. The number of benzene rings is 2. The predicted molar refractivity (Wildman–Crippen MR) is 102 cm³/mol. The smallest absolute Gasteiger partial charge is 0.191 e. The lowest BCUT2D eigenvalue weighted by atomic mass is 10.1. The molecule has 128 valence electrons. The number of ketones is 1. The topological polar surface area (TPSA) is 80.5 Å². The molecule has 25 heavy (non-hydrogen) atoms. The summed E-state index contributed by atoms with van der Waals surface area (Å²) in [4.78, 5) is 19.4. The molecule has 0 aliphatic rings. The SMILES string of the molecule is Cc1cc(N)cc(C)c1OCC(=O)CN=Cc1cccc2[nH]ccc12. The minimum absolute atomic E-state index is 0.00269. The normalized spacial score (nSPS) is 11.3. The molecule has 0 amide bonds. The van der Waals surface area contributed by atoms with Gasteiger partial charge in [-0.1, -0.05) is 12.1 Å². The van der Waals surface area contributed by atoms with Crippen molar-refractivity contribution in [2.24, 2.45) is 4.99 Å². The van der Waals surface area contributed by atoms with E-state index in [0.29, 0.717) is 11.4 Å². The summed E-state index contributed by atoms with van der Waals surface area (Å²) in [5, 5.41) is 1.09. The van der Waals surface area contributed by atoms with Crippen LogP contribution in [0.15, 0.2) is 47.6 Å². The molecule has 2 aromatic carbocycles. The number of aromatic nitrogens is 1. The van der Waals surface area contributed by atoms with E-state index in [4.69, 9.17) is 10.5 Å². The number of nitrogens with one attached hydrogen (secondary N) is 1. The number of nitrogens with two attached hydrogens (primary N) is 1. The van der Waals surface area contributed by atoms with Crippen molar-refractivity contribution < 1.29 is 9.53 Å². The molecule has 1 heterocycles. The molecule has 0 unspecified atom stereocenters. The van der Waals surface area contributed by atoms with Crippen molar-refractivity contribution in [2.75, 3.05) is 18.9 Å². The van der Waals surface area contributed by atoms with E-state index in [-0.39, 0.29) is 18.9 Å². The highest BCUT2D eigenvalue weighted by atomic mass is 16.5. The van der Waals surface area contributed by atoms with Gasteiger partial charge in [0.2, 0.25) is 0 Å². The maximum atomic E-state index is 12.0. The number of hydrogen-bond acceptors (Lipinski definition) is 4. The Morgan fingerprint density at radius 2 is 2.00 bits per heavy atom. The second-order valence-corrected chi connectivity index (χ2v) is 6.07. The third-order valence-electron chi connectivity index (χ3n) is 3.99. The highest BCUT2D eigenvalue weighted by Gasteiger charge is 2.08. The number of nitrogens with zero attached hydrogens (tertiary/aromatic N) is 1. The van der Waals surface area contributed by atoms with Crippen LogP contribution in [0.5, 0.6) is 5.75 Å². The summed E-state index contributed by atoms with van der Waals surface area (Å²) in [5.41, 5.74) is 10.4. The molecule has 5 nitrogen and oxygen atoms in total. The van der Waals surface area contributed by atoms with Gasteiger partial charge in [-0.25, -0.2) is 0 Å². The Hall–Kier alpha value is -3.08. The highest BCUT2D eigenvalue weighted by Crippen LogP contribution is 2.25. The number of H-pyrrole nitrogens is 1. The number of anilines is 1. The number of ether oxygens (including phenoxy) is 1. The molecule has 0 fully saturated rings. The molecule has 0 aliphatic heterocycles. The number of nitrogen functional groups attached to an aromatic ring is 1. The number of carbonyl (C=O) groups excluding carboxylic acids is 1. The summed E-state index contributed by atoms with van der Waals surface area (Å²) in [5.74, 6) is 0.636. The molecule has 0 saturated carbocycles. The van der Waals surface area contributed by atoms with E-state index in [1.165, 1.54) is 0 Å². The van der Waals surface area contributed by atoms with Crippen LogP contribution in [0.4, 0.5) is 5.69 Å². The van der Waals surface area contributed by atoms with Crippen molar-refractivity contribution in [3.8, 4) is 5.75 Å². The largest absolute Gasteiger partial charge is 0.485 e. The number of aliphatic imine (C=N–C) groups is 1. The fourth-order valence-electron chi connectivity index (χ4n) is 2.88. The molecule has 3 aromatic rings. The Labute approximate surface area is 146 Å². The van der Waals surface area contributed by atoms with Crippen LogP contribution < -0.4 is 10.5 Å². The highest BCUT2D eigenvalue weighted by molar-refractivity contribution is 5.99. The van der Waals surface area contributed by atoms with Crippen LogP contribution in [0.1, 0.15) is 16.7 Å². The number of aryl methyl sites for hydroxylation is 2. The van der Waals surface area contributed by atoms with Crippen molar-refractivity contribution in [1.82, 2.24) is 4.98 Å². The molecule has 5 heteroatoms. The zero-order valence-electron chi connectivity index (χ0n) is 14.4. The van der Waals surface area contributed by atoms with Crippen LogP contribution in [0.25, 0.3) is 10.9 Å². The zero-order valence-corrected chi connectivity index (χ0v) is 14.4. The molecule has 0 saturated heterocycles. The number of aromatic amines is 1. The van der Waals surface area contributed by atoms with Crippen LogP contribution in [-0.2, 0) is 4.79 Å². The first-order chi connectivity index (χ1) is 12.0. The summed E-state index contributed by atoms with van der Waals surface area (Å²) in [7, 11) is 0. The second-order valence-electron chi connectivity index (χ2n) is 6.07. The fraction of sp³-hybridized carbons (Fsp3) is 0.200. The first-order valence-corrected chi connectivity index (χ1v) is 8.12. The monoisotopic (exact) mass is 335 g/mol. The van der Waals surface area contributed by atoms with Crippen LogP contribution in [0, 0.1) is 13.8 Å². The van der Waals surface area contributed by atoms with Crippen molar-refractivity contribution in [2.45, 2.75) is 13.8 Å². The van der Waals surface area contributed by atoms with Gasteiger partial charge in [-0.2, -0.15) is 0 Å². The number of rotatable bonds is 6. The van der Waals surface area contributed by atoms with Crippen LogP contribution in [0.2, 0.25) is 0 Å². The van der Waals surface area contributed by atoms with Gasteiger partial charge in [-0.05, 0) is 49.2 Å². The van der Waals surface area contributed by atoms with E-state index in [1.54, 1.807) is 6.21 Å². The average molecular weight is 335 g/mol. The number of hydrogen-bond donors (Lipinski definition) is 2. The quantitative estimate of drug-likeness (QED) is 0.535. The molecule has 3 rings (SSSR count). The summed E-state index contributed by atoms with van der Waals surface area (Å²) in [6.45, 7) is 3.92. The average Bonchev–Trinajstić information content (AvgIpc) is 3.03. The van der Waals surface area contributed by atoms with Crippen molar-refractivity contribution in [1.29, 1.82) is 0 Å². The van der Waals surface area contributed by atoms with Gasteiger partial charge >= 0.3 is 0 Å². The molecule has 0 spiro atoms. The van der Waals surface area contributed by atoms with Gasteiger partial charge in [0.1, 0.15) is 18.9 Å². The standard InChI is InChI=1S/C20H21N3O2/c1-13-8-16(21)9-14(2)20(13)25-12-17(24)11-22-10-15-4-3-5-19-18(15)6-7-23-19/h3-10,23H,11-12,21H2,1-2H3. The van der Waals surface area contributed by atoms with E-state index in [0.717, 1.165) is 27.6 Å². The Kier molecular flexibility index (Phi) is 4.84. The molecule has 0 radical (unpaired) electrons. The minimum Gasteiger partial charge on any atom is -0.485 e. The van der Waals surface area contributed by atoms with Crippen LogP contribution in [-0.4, -0.2) is 30.1 Å². The molecular weight excluding hydrogens is 314 g/mol. The Balaban J connectivity index is 1.59. The fourth-order valence-corrected chi connectivity index (χ4v) is 2.88. The second kappa shape index (κ2) is 7.21. The first-order valence-electron chi connectivity index (χ1n) is 8.12. The Morgan fingerprint density at radius 1 is 1.24 bits per heavy atom. The summed E-state index contributed by atoms with van der Waals surface area (Å²) in [6, 6.07) is 11.6. The van der Waals surface area contributed by atoms with E-state index in [1.807, 2.05) is 56.4 Å². The van der Waals surface area contributed by atoms with Crippen molar-refractivity contribution >= 4 is 28.6 Å². The third-order valence-corrected chi connectivity index (χ3v) is 3.99. The van der Waals surface area contributed by atoms with Gasteiger partial charge < -0.3 is 15.5 Å². The lowest BCUT2D eigenvalue weighted by Gasteiger charge is -2.12. The maximum absolute atomic E-state index is 12.0. The van der Waals surface area contributed by atoms with E-state index in [2.05, 4.69) is 9.98 Å². The van der Waals surface area contributed by atoms with E-state index >= 15 is 0 Å². The maximum Gasteiger partial charge on any atom is 0.191 e. The third kappa shape index (κ3) is 3.88. The number of carbonyl (C=O) groups is 1. The van der Waals surface area contributed by atoms with E-state index in [9.17, 15) is 4.79 Å². The predicted octanol–water partition coefficient (Wildman–Crippen LogP) is 3.43. The summed E-state index contributed by atoms with van der Waals surface area (Å²) < 4.78 is 5.66. The van der Waals surface area contributed by atoms with Crippen molar-refractivity contribution in [3.63, 3.8) is 0 Å². The van der Waals surface area contributed by atoms with Crippen molar-refractivity contribution in [3.05, 3.63) is 59.3 Å². The summed E-state index contributed by atoms with van der Waals surface area (Å²) >= 11 is 0. The van der Waals surface area contributed by atoms with Crippen LogP contribution in [0.3, 0.4) is 0 Å². The number of Topliss-reactive ketones (excluding diaryl/α,β-unsaturated/α-hetero) is 1. The van der Waals surface area contributed by atoms with Gasteiger partial charge in [0.15, 0.2) is 5.78 Å². The van der Waals surface area contributed by atoms with E-state index < -0.39 is 0 Å². The number of fused-ring (bicyclic) bond motifs is 1. The van der Waals surface area contributed by atoms with Gasteiger partial charge in [-0.15, -0.1) is 0 Å². The van der Waals surface area contributed by atoms with Crippen LogP contribution >= 0.6 is 0 Å². The first kappa shape index (κ1) is 16.8. The minimum atomic E-state index is -0.0758. The van der Waals surface area contributed by atoms with Gasteiger partial charge in [-0.3, -0.25) is 9.79 Å². The van der Waals surface area contributed by atoms with Gasteiger partial charge in [0, 0.05) is 34.6 Å². The molecule has 0 aliphatic carbocycles. The lowest BCUT2D eigenvalue weighted by molar-refractivity contribution is -0.119. The molecule has 0 bridgehead atoms. The van der Waals surface area contributed by atoms with Gasteiger partial charge in [0.25, 0.3) is 0 Å². The molecule has 3 N–H and O–H groups in total. The zero-order chi connectivity index (χ0) is 17.8. The summed E-state index contributed by atoms with van der Waals surface area (Å²) in [6.07, 6.45) is 3.62. The Bertz CT molecular complexity index is 918.